The smallest absolute Gasteiger partial charge is 0.389 e. The molecule has 0 spiro atoms. The number of piperazine rings is 1. The Bertz CT molecular complexity index is 1340. The maximum atomic E-state index is 13.1. The van der Waals surface area contributed by atoms with Crippen molar-refractivity contribution in [1.29, 1.82) is 0 Å². The van der Waals surface area contributed by atoms with Gasteiger partial charge in [-0.3, -0.25) is 4.90 Å². The van der Waals surface area contributed by atoms with Crippen LogP contribution >= 0.6 is 0 Å². The summed E-state index contributed by atoms with van der Waals surface area (Å²) in [5.41, 5.74) is 1.98. The van der Waals surface area contributed by atoms with Crippen LogP contribution in [0, 0.1) is 0 Å². The summed E-state index contributed by atoms with van der Waals surface area (Å²) >= 11 is 0. The second kappa shape index (κ2) is 11.6. The molecule has 4 aromatic carbocycles. The van der Waals surface area contributed by atoms with E-state index in [0.717, 1.165) is 28.0 Å². The van der Waals surface area contributed by atoms with Crippen LogP contribution in [0.25, 0.3) is 10.8 Å². The van der Waals surface area contributed by atoms with E-state index in [9.17, 15) is 18.3 Å². The van der Waals surface area contributed by atoms with E-state index in [1.165, 1.54) is 12.1 Å². The zero-order valence-electron chi connectivity index (χ0n) is 21.0. The van der Waals surface area contributed by atoms with Gasteiger partial charge in [0, 0.05) is 38.4 Å². The first-order valence-corrected chi connectivity index (χ1v) is 12.8. The number of anilines is 1. The number of nitrogens with zero attached hydrogens (tertiary/aromatic N) is 2. The fraction of sp³-hybridized carbons (Fsp3) is 0.290. The number of rotatable bonds is 8. The highest BCUT2D eigenvalue weighted by Crippen LogP contribution is 2.32. The van der Waals surface area contributed by atoms with Crippen molar-refractivity contribution in [2.75, 3.05) is 44.2 Å². The molecule has 1 aliphatic rings. The molecule has 2 atom stereocenters. The molecule has 0 bridgehead atoms. The Morgan fingerprint density at radius 3 is 2.18 bits per heavy atom. The summed E-state index contributed by atoms with van der Waals surface area (Å²) in [6, 6.07) is 29.9. The molecule has 0 saturated carbocycles. The monoisotopic (exact) mass is 520 g/mol. The van der Waals surface area contributed by atoms with Crippen molar-refractivity contribution < 1.29 is 23.0 Å². The molecule has 1 fully saturated rings. The van der Waals surface area contributed by atoms with Crippen LogP contribution in [0.5, 0.6) is 0 Å². The van der Waals surface area contributed by atoms with Gasteiger partial charge in [-0.25, -0.2) is 0 Å². The van der Waals surface area contributed by atoms with Crippen LogP contribution < -0.4 is 4.90 Å². The molecule has 4 aromatic rings. The van der Waals surface area contributed by atoms with E-state index in [4.69, 9.17) is 4.74 Å². The van der Waals surface area contributed by atoms with Gasteiger partial charge in [0.15, 0.2) is 0 Å². The molecule has 1 heterocycles. The summed E-state index contributed by atoms with van der Waals surface area (Å²) in [4.78, 5) is 4.09. The summed E-state index contributed by atoms with van der Waals surface area (Å²) in [6.45, 7) is 3.10. The van der Waals surface area contributed by atoms with E-state index in [-0.39, 0.29) is 12.7 Å². The average Bonchev–Trinajstić information content (AvgIpc) is 2.94. The lowest BCUT2D eigenvalue weighted by Gasteiger charge is -2.37. The molecule has 4 nitrogen and oxygen atoms in total. The zero-order valence-corrected chi connectivity index (χ0v) is 21.0. The van der Waals surface area contributed by atoms with Gasteiger partial charge in [-0.2, -0.15) is 13.2 Å². The van der Waals surface area contributed by atoms with Crippen LogP contribution in [0.1, 0.15) is 22.8 Å². The van der Waals surface area contributed by atoms with Gasteiger partial charge < -0.3 is 14.7 Å². The SMILES string of the molecule is OC(COC(c1ccccc1)c1ccc2ccccc2c1)CN1CCN(c2cccc(C(F)(F)F)c2)CC1. The molecule has 1 saturated heterocycles. The van der Waals surface area contributed by atoms with Crippen LogP contribution in [-0.4, -0.2) is 55.4 Å². The molecule has 0 aliphatic carbocycles. The summed E-state index contributed by atoms with van der Waals surface area (Å²) in [5.74, 6) is 0. The highest BCUT2D eigenvalue weighted by molar-refractivity contribution is 5.83. The first-order chi connectivity index (χ1) is 18.4. The molecule has 7 heteroatoms. The van der Waals surface area contributed by atoms with E-state index >= 15 is 0 Å². The molecule has 0 radical (unpaired) electrons. The standard InChI is InChI=1S/C31H31F3N2O2/c32-31(33,34)27-11-6-12-28(20-27)36-17-15-35(16-18-36)21-29(37)22-38-30(24-8-2-1-3-9-24)26-14-13-23-7-4-5-10-25(23)19-26/h1-14,19-20,29-30,37H,15-18,21-22H2. The number of aliphatic hydroxyl groups excluding tert-OH is 1. The molecule has 1 N–H and O–H groups in total. The zero-order chi connectivity index (χ0) is 26.5. The maximum Gasteiger partial charge on any atom is 0.416 e. The first kappa shape index (κ1) is 26.2. The van der Waals surface area contributed by atoms with E-state index in [1.807, 2.05) is 47.4 Å². The second-order valence-electron chi connectivity index (χ2n) is 9.72. The molecular formula is C31H31F3N2O2. The van der Waals surface area contributed by atoms with Gasteiger partial charge in [0.25, 0.3) is 0 Å². The fourth-order valence-electron chi connectivity index (χ4n) is 5.01. The number of aliphatic hydroxyl groups is 1. The quantitative estimate of drug-likeness (QED) is 0.303. The van der Waals surface area contributed by atoms with Gasteiger partial charge in [-0.15, -0.1) is 0 Å². The Morgan fingerprint density at radius 1 is 0.737 bits per heavy atom. The lowest BCUT2D eigenvalue weighted by Crippen LogP contribution is -2.49. The van der Waals surface area contributed by atoms with Crippen LogP contribution in [0.15, 0.2) is 97.1 Å². The lowest BCUT2D eigenvalue weighted by molar-refractivity contribution is -0.137. The van der Waals surface area contributed by atoms with E-state index in [1.54, 1.807) is 6.07 Å². The van der Waals surface area contributed by atoms with Gasteiger partial charge in [0.05, 0.1) is 18.3 Å². The van der Waals surface area contributed by atoms with E-state index in [0.29, 0.717) is 38.4 Å². The minimum atomic E-state index is -4.35. The molecule has 38 heavy (non-hydrogen) atoms. The number of halogens is 3. The van der Waals surface area contributed by atoms with Crippen LogP contribution in [-0.2, 0) is 10.9 Å². The molecule has 198 valence electrons. The molecule has 5 rings (SSSR count). The van der Waals surface area contributed by atoms with Gasteiger partial charge in [0.2, 0.25) is 0 Å². The van der Waals surface area contributed by atoms with Crippen LogP contribution in [0.2, 0.25) is 0 Å². The molecule has 0 amide bonds. The molecular weight excluding hydrogens is 489 g/mol. The van der Waals surface area contributed by atoms with Gasteiger partial charge in [0.1, 0.15) is 6.10 Å². The van der Waals surface area contributed by atoms with Gasteiger partial charge >= 0.3 is 6.18 Å². The Kier molecular flexibility index (Phi) is 7.98. The van der Waals surface area contributed by atoms with Crippen LogP contribution in [0.3, 0.4) is 0 Å². The Morgan fingerprint density at radius 2 is 1.45 bits per heavy atom. The van der Waals surface area contributed by atoms with E-state index < -0.39 is 17.8 Å². The topological polar surface area (TPSA) is 35.9 Å². The summed E-state index contributed by atoms with van der Waals surface area (Å²) in [7, 11) is 0. The Balaban J connectivity index is 1.19. The molecule has 1 aliphatic heterocycles. The average molecular weight is 521 g/mol. The highest BCUT2D eigenvalue weighted by Gasteiger charge is 2.31. The minimum Gasteiger partial charge on any atom is -0.389 e. The Labute approximate surface area is 220 Å². The lowest BCUT2D eigenvalue weighted by atomic mass is 9.98. The maximum absolute atomic E-state index is 13.1. The second-order valence-corrected chi connectivity index (χ2v) is 9.72. The predicted molar refractivity (Wildman–Crippen MR) is 144 cm³/mol. The van der Waals surface area contributed by atoms with Crippen molar-refractivity contribution in [1.82, 2.24) is 4.90 Å². The Hall–Kier alpha value is -3.39. The van der Waals surface area contributed by atoms with Crippen molar-refractivity contribution in [3.8, 4) is 0 Å². The fourth-order valence-corrected chi connectivity index (χ4v) is 5.01. The van der Waals surface area contributed by atoms with Crippen molar-refractivity contribution >= 4 is 16.5 Å². The molecule has 0 aromatic heterocycles. The van der Waals surface area contributed by atoms with Crippen molar-refractivity contribution in [2.45, 2.75) is 18.4 Å². The third-order valence-corrected chi connectivity index (χ3v) is 7.01. The molecule has 2 unspecified atom stereocenters. The number of fused-ring (bicyclic) bond motifs is 1. The summed E-state index contributed by atoms with van der Waals surface area (Å²) in [5, 5.41) is 13.1. The number of hydrogen-bond donors (Lipinski definition) is 1. The van der Waals surface area contributed by atoms with Crippen molar-refractivity contribution in [2.24, 2.45) is 0 Å². The van der Waals surface area contributed by atoms with E-state index in [2.05, 4.69) is 35.2 Å². The third-order valence-electron chi connectivity index (χ3n) is 7.01. The number of hydrogen-bond acceptors (Lipinski definition) is 4. The third kappa shape index (κ3) is 6.35. The predicted octanol–water partition coefficient (Wildman–Crippen LogP) is 6.15. The minimum absolute atomic E-state index is 0.167. The van der Waals surface area contributed by atoms with Crippen molar-refractivity contribution in [3.05, 3.63) is 114 Å². The highest BCUT2D eigenvalue weighted by atomic mass is 19.4. The number of alkyl halides is 3. The summed E-state index contributed by atoms with van der Waals surface area (Å²) < 4.78 is 45.6. The summed E-state index contributed by atoms with van der Waals surface area (Å²) in [6.07, 6.45) is -5.36. The normalized spacial score (nSPS) is 16.5. The number of ether oxygens (including phenoxy) is 1. The van der Waals surface area contributed by atoms with Crippen LogP contribution in [0.4, 0.5) is 18.9 Å². The van der Waals surface area contributed by atoms with Gasteiger partial charge in [-0.05, 0) is 46.2 Å². The van der Waals surface area contributed by atoms with Crippen molar-refractivity contribution in [3.63, 3.8) is 0 Å². The number of β-amino-alcohol motifs (C(OH)–C–C–N with tert-alkyl or cyclic N) is 1. The first-order valence-electron chi connectivity index (χ1n) is 12.8. The largest absolute Gasteiger partial charge is 0.416 e. The van der Waals surface area contributed by atoms with Gasteiger partial charge in [-0.1, -0.05) is 72.8 Å². The number of benzene rings is 4.